The molecular formula is C18H33F3O7S. The summed E-state index contributed by atoms with van der Waals surface area (Å²) in [5.74, 6) is 0. The Kier molecular flexibility index (Phi) is 12.0. The molecule has 1 saturated heterocycles. The van der Waals surface area contributed by atoms with E-state index >= 15 is 0 Å². The zero-order valence-corrected chi connectivity index (χ0v) is 18.1. The summed E-state index contributed by atoms with van der Waals surface area (Å²) in [6, 6.07) is 0. The SMILES string of the molecule is CCCCO[C@@H]1OC[C@@H](OS(=O)(=O)C(F)(F)F)[C@@H](OCCCC)[C@@H]1OCCCC. The van der Waals surface area contributed by atoms with E-state index in [0.717, 1.165) is 25.7 Å². The van der Waals surface area contributed by atoms with Crippen molar-refractivity contribution in [1.82, 2.24) is 0 Å². The molecule has 0 N–H and O–H groups in total. The lowest BCUT2D eigenvalue weighted by atomic mass is 10.0. The Morgan fingerprint density at radius 3 is 1.83 bits per heavy atom. The fourth-order valence-electron chi connectivity index (χ4n) is 2.64. The summed E-state index contributed by atoms with van der Waals surface area (Å²) >= 11 is 0. The molecule has 0 amide bonds. The van der Waals surface area contributed by atoms with E-state index in [1.165, 1.54) is 0 Å². The number of ether oxygens (including phenoxy) is 4. The van der Waals surface area contributed by atoms with Crippen LogP contribution >= 0.6 is 0 Å². The van der Waals surface area contributed by atoms with E-state index in [1.54, 1.807) is 0 Å². The van der Waals surface area contributed by atoms with E-state index in [0.29, 0.717) is 26.1 Å². The summed E-state index contributed by atoms with van der Waals surface area (Å²) in [6.45, 7) is 6.38. The Hall–Kier alpha value is -0.460. The van der Waals surface area contributed by atoms with Crippen LogP contribution in [0.3, 0.4) is 0 Å². The van der Waals surface area contributed by atoms with Gasteiger partial charge in [-0.1, -0.05) is 40.0 Å². The highest BCUT2D eigenvalue weighted by Crippen LogP contribution is 2.31. The third-order valence-electron chi connectivity index (χ3n) is 4.31. The van der Waals surface area contributed by atoms with Crippen molar-refractivity contribution >= 4 is 10.1 Å². The Labute approximate surface area is 171 Å². The predicted molar refractivity (Wildman–Crippen MR) is 99.7 cm³/mol. The van der Waals surface area contributed by atoms with Gasteiger partial charge in [-0.25, -0.2) is 0 Å². The van der Waals surface area contributed by atoms with Gasteiger partial charge in [-0.3, -0.25) is 4.18 Å². The molecular weight excluding hydrogens is 417 g/mol. The molecule has 0 spiro atoms. The van der Waals surface area contributed by atoms with E-state index in [1.807, 2.05) is 20.8 Å². The van der Waals surface area contributed by atoms with E-state index in [-0.39, 0.29) is 6.61 Å². The van der Waals surface area contributed by atoms with Gasteiger partial charge in [-0.15, -0.1) is 0 Å². The Morgan fingerprint density at radius 2 is 1.34 bits per heavy atom. The lowest BCUT2D eigenvalue weighted by molar-refractivity contribution is -0.285. The second-order valence-corrected chi connectivity index (χ2v) is 8.40. The molecule has 1 aliphatic heterocycles. The highest BCUT2D eigenvalue weighted by Gasteiger charge is 2.52. The van der Waals surface area contributed by atoms with Crippen LogP contribution in [0.2, 0.25) is 0 Å². The summed E-state index contributed by atoms with van der Waals surface area (Å²) < 4.78 is 88.6. The van der Waals surface area contributed by atoms with Crippen LogP contribution in [0.5, 0.6) is 0 Å². The fourth-order valence-corrected chi connectivity index (χ4v) is 3.24. The van der Waals surface area contributed by atoms with Crippen LogP contribution < -0.4 is 0 Å². The average Bonchev–Trinajstić information content (AvgIpc) is 2.64. The molecule has 0 aromatic heterocycles. The van der Waals surface area contributed by atoms with Crippen LogP contribution in [0.25, 0.3) is 0 Å². The van der Waals surface area contributed by atoms with Gasteiger partial charge in [0, 0.05) is 19.8 Å². The van der Waals surface area contributed by atoms with Crippen molar-refractivity contribution in [2.45, 2.75) is 89.4 Å². The third-order valence-corrected chi connectivity index (χ3v) is 5.38. The lowest BCUT2D eigenvalue weighted by Crippen LogP contribution is -2.58. The number of alkyl halides is 3. The molecule has 0 unspecified atom stereocenters. The van der Waals surface area contributed by atoms with Crippen LogP contribution in [0.1, 0.15) is 59.3 Å². The van der Waals surface area contributed by atoms with Gasteiger partial charge in [0.2, 0.25) is 0 Å². The molecule has 1 fully saturated rings. The van der Waals surface area contributed by atoms with Crippen molar-refractivity contribution < 1.29 is 44.7 Å². The first-order chi connectivity index (χ1) is 13.7. The van der Waals surface area contributed by atoms with Crippen molar-refractivity contribution in [1.29, 1.82) is 0 Å². The fraction of sp³-hybridized carbons (Fsp3) is 1.00. The van der Waals surface area contributed by atoms with Gasteiger partial charge >= 0.3 is 15.6 Å². The standard InChI is InChI=1S/C18H33F3O7S/c1-4-7-10-24-15-14(28-29(22,23)18(19,20)21)13-27-17(26-12-9-6-3)16(15)25-11-8-5-2/h14-17H,4-13H2,1-3H3/t14-,15-,16+,17-/m1/s1. The lowest BCUT2D eigenvalue weighted by Gasteiger charge is -2.41. The quantitative estimate of drug-likeness (QED) is 0.226. The van der Waals surface area contributed by atoms with Crippen LogP contribution in [0.15, 0.2) is 0 Å². The number of halogens is 3. The second kappa shape index (κ2) is 13.1. The molecule has 1 heterocycles. The van der Waals surface area contributed by atoms with E-state index in [4.69, 9.17) is 18.9 Å². The molecule has 0 saturated carbocycles. The Balaban J connectivity index is 3.02. The van der Waals surface area contributed by atoms with E-state index in [9.17, 15) is 21.6 Å². The molecule has 0 aliphatic carbocycles. The Bertz CT molecular complexity index is 542. The monoisotopic (exact) mass is 450 g/mol. The van der Waals surface area contributed by atoms with Gasteiger partial charge in [-0.05, 0) is 19.3 Å². The highest BCUT2D eigenvalue weighted by atomic mass is 32.2. The topological polar surface area (TPSA) is 80.3 Å². The Morgan fingerprint density at radius 1 is 0.862 bits per heavy atom. The molecule has 29 heavy (non-hydrogen) atoms. The van der Waals surface area contributed by atoms with Gasteiger partial charge in [0.1, 0.15) is 18.3 Å². The minimum Gasteiger partial charge on any atom is -0.372 e. The second-order valence-electron chi connectivity index (χ2n) is 6.84. The molecule has 4 atom stereocenters. The van der Waals surface area contributed by atoms with Crippen LogP contribution in [-0.4, -0.2) is 65.0 Å². The van der Waals surface area contributed by atoms with Crippen LogP contribution in [0.4, 0.5) is 13.2 Å². The first-order valence-electron chi connectivity index (χ1n) is 10.1. The van der Waals surface area contributed by atoms with Gasteiger partial charge in [0.25, 0.3) is 0 Å². The van der Waals surface area contributed by atoms with Crippen LogP contribution in [-0.2, 0) is 33.2 Å². The van der Waals surface area contributed by atoms with Crippen molar-refractivity contribution in [2.75, 3.05) is 26.4 Å². The van der Waals surface area contributed by atoms with Gasteiger partial charge in [-0.2, -0.15) is 21.6 Å². The zero-order valence-electron chi connectivity index (χ0n) is 17.3. The number of hydrogen-bond donors (Lipinski definition) is 0. The first kappa shape index (κ1) is 26.6. The van der Waals surface area contributed by atoms with Gasteiger partial charge < -0.3 is 18.9 Å². The van der Waals surface area contributed by atoms with E-state index in [2.05, 4.69) is 4.18 Å². The van der Waals surface area contributed by atoms with Crippen molar-refractivity contribution in [3.05, 3.63) is 0 Å². The summed E-state index contributed by atoms with van der Waals surface area (Å²) in [5, 5.41) is 0. The van der Waals surface area contributed by atoms with Gasteiger partial charge in [0.05, 0.1) is 6.61 Å². The maximum atomic E-state index is 12.8. The molecule has 7 nitrogen and oxygen atoms in total. The summed E-state index contributed by atoms with van der Waals surface area (Å²) in [7, 11) is -5.80. The largest absolute Gasteiger partial charge is 0.523 e. The summed E-state index contributed by atoms with van der Waals surface area (Å²) in [5.41, 5.74) is -5.53. The summed E-state index contributed by atoms with van der Waals surface area (Å²) in [6.07, 6.45) is 0.325. The maximum Gasteiger partial charge on any atom is 0.523 e. The highest BCUT2D eigenvalue weighted by molar-refractivity contribution is 7.87. The molecule has 0 bridgehead atoms. The zero-order chi connectivity index (χ0) is 21.9. The molecule has 0 aromatic carbocycles. The minimum atomic E-state index is -5.80. The minimum absolute atomic E-state index is 0.225. The smallest absolute Gasteiger partial charge is 0.372 e. The maximum absolute atomic E-state index is 12.8. The van der Waals surface area contributed by atoms with Crippen molar-refractivity contribution in [3.8, 4) is 0 Å². The number of unbranched alkanes of at least 4 members (excludes halogenated alkanes) is 3. The molecule has 1 aliphatic rings. The van der Waals surface area contributed by atoms with Crippen LogP contribution in [0, 0.1) is 0 Å². The normalized spacial score (nSPS) is 26.0. The molecule has 0 aromatic rings. The van der Waals surface area contributed by atoms with Crippen molar-refractivity contribution in [2.24, 2.45) is 0 Å². The molecule has 1 rings (SSSR count). The predicted octanol–water partition coefficient (Wildman–Crippen LogP) is 3.76. The molecule has 11 heteroatoms. The summed E-state index contributed by atoms with van der Waals surface area (Å²) in [4.78, 5) is 0. The number of rotatable bonds is 14. The third kappa shape index (κ3) is 8.66. The molecule has 0 radical (unpaired) electrons. The van der Waals surface area contributed by atoms with E-state index < -0.39 is 46.8 Å². The first-order valence-corrected chi connectivity index (χ1v) is 11.5. The number of hydrogen-bond acceptors (Lipinski definition) is 7. The average molecular weight is 451 g/mol. The van der Waals surface area contributed by atoms with Gasteiger partial charge in [0.15, 0.2) is 6.29 Å². The molecule has 174 valence electrons. The van der Waals surface area contributed by atoms with Crippen molar-refractivity contribution in [3.63, 3.8) is 0 Å².